The van der Waals surface area contributed by atoms with Crippen LogP contribution in [0.3, 0.4) is 0 Å². The van der Waals surface area contributed by atoms with Crippen LogP contribution in [0.15, 0.2) is 120 Å². The molecule has 0 unspecified atom stereocenters. The first-order valence-electron chi connectivity index (χ1n) is 12.8. The molecule has 0 aliphatic rings. The molecule has 0 spiro atoms. The average molecular weight is 852 g/mol. The molecule has 0 fully saturated rings. The molecule has 0 saturated carbocycles. The number of anilines is 4. The summed E-state index contributed by atoms with van der Waals surface area (Å²) in [6.07, 6.45) is 0. The molecule has 2 aromatic heterocycles. The molecule has 0 amide bonds. The number of nitrogens with one attached hydrogen (secondary N) is 4. The third kappa shape index (κ3) is 9.79. The number of nitrogens with zero attached hydrogens (tertiary/aromatic N) is 8. The van der Waals surface area contributed by atoms with E-state index in [0.717, 1.165) is 34.1 Å². The molecule has 0 radical (unpaired) electrons. The van der Waals surface area contributed by atoms with Crippen LogP contribution < -0.4 is 21.3 Å². The Balaban J connectivity index is 0.000000200. The first-order valence-corrected chi connectivity index (χ1v) is 14.5. The first kappa shape index (κ1) is 33.5. The van der Waals surface area contributed by atoms with Crippen molar-refractivity contribution in [2.24, 2.45) is 0 Å². The smallest absolute Gasteiger partial charge is 0.738 e. The zero-order valence-corrected chi connectivity index (χ0v) is 28.3. The predicted molar refractivity (Wildman–Crippen MR) is 182 cm³/mol. The fourth-order valence-corrected chi connectivity index (χ4v) is 4.57. The van der Waals surface area contributed by atoms with E-state index < -0.39 is 0 Å². The van der Waals surface area contributed by atoms with Crippen molar-refractivity contribution in [3.8, 4) is 11.4 Å². The first-order chi connectivity index (χ1) is 21.4. The molecule has 0 atom stereocenters. The summed E-state index contributed by atoms with van der Waals surface area (Å²) in [7, 11) is 0. The topological polar surface area (TPSA) is 135 Å². The molecular formula is C28H22AuN12S4+. The molecule has 2 heterocycles. The average Bonchev–Trinajstić information content (AvgIpc) is 3.66. The fraction of sp³-hybridized carbons (Fsp3) is 0. The van der Waals surface area contributed by atoms with E-state index in [9.17, 15) is 0 Å². The number of hydrogen-bond donors (Lipinski definition) is 4. The Kier molecular flexibility index (Phi) is 12.3. The van der Waals surface area contributed by atoms with Gasteiger partial charge < -0.3 is 46.5 Å². The molecule has 0 aliphatic carbocycles. The molecule has 6 aromatic rings. The molecule has 0 aliphatic heterocycles. The summed E-state index contributed by atoms with van der Waals surface area (Å²) >= 11 is 20.7. The van der Waals surface area contributed by atoms with Gasteiger partial charge in [-0.3, -0.25) is 0 Å². The van der Waals surface area contributed by atoms with Gasteiger partial charge in [0.15, 0.2) is 10.2 Å². The van der Waals surface area contributed by atoms with Gasteiger partial charge in [0.2, 0.25) is 0 Å². The summed E-state index contributed by atoms with van der Waals surface area (Å²) in [5.74, 6) is 0. The number of rotatable bonds is 6. The van der Waals surface area contributed by atoms with Crippen LogP contribution in [0.25, 0.3) is 11.4 Å². The van der Waals surface area contributed by atoms with Crippen LogP contribution >= 0.6 is 24.4 Å². The van der Waals surface area contributed by atoms with E-state index in [2.05, 4.69) is 52.3 Å². The third-order valence-corrected chi connectivity index (χ3v) is 6.56. The maximum Gasteiger partial charge on any atom is 3.00 e. The Bertz CT molecular complexity index is 1720. The molecule has 0 saturated heterocycles. The van der Waals surface area contributed by atoms with Crippen molar-refractivity contribution < 1.29 is 22.4 Å². The van der Waals surface area contributed by atoms with Gasteiger partial charge in [0.25, 0.3) is 0 Å². The summed E-state index contributed by atoms with van der Waals surface area (Å²) < 4.78 is 2.96. The number of para-hydroxylation sites is 2. The molecule has 4 N–H and O–H groups in total. The minimum Gasteiger partial charge on any atom is -0.738 e. The summed E-state index contributed by atoms with van der Waals surface area (Å²) in [4.78, 5) is 0. The van der Waals surface area contributed by atoms with Crippen LogP contribution in [-0.4, -0.2) is 50.6 Å². The minimum atomic E-state index is 0. The second-order valence-electron chi connectivity index (χ2n) is 8.74. The summed E-state index contributed by atoms with van der Waals surface area (Å²) in [6, 6.07) is 34.4. The van der Waals surface area contributed by atoms with Crippen molar-refractivity contribution in [3.05, 3.63) is 109 Å². The van der Waals surface area contributed by atoms with Gasteiger partial charge in [0, 0.05) is 33.1 Å². The Morgan fingerprint density at radius 2 is 0.867 bits per heavy atom. The van der Waals surface area contributed by atoms with Crippen molar-refractivity contribution in [1.29, 1.82) is 0 Å². The second-order valence-corrected chi connectivity index (χ2v) is 10.3. The zero-order chi connectivity index (χ0) is 30.7. The van der Waals surface area contributed by atoms with Crippen LogP contribution in [0.1, 0.15) is 0 Å². The summed E-state index contributed by atoms with van der Waals surface area (Å²) in [6.45, 7) is 0. The predicted octanol–water partition coefficient (Wildman–Crippen LogP) is 4.75. The van der Waals surface area contributed by atoms with E-state index in [1.54, 1.807) is 0 Å². The summed E-state index contributed by atoms with van der Waals surface area (Å²) in [5, 5.41) is 36.2. The van der Waals surface area contributed by atoms with Gasteiger partial charge in [0.05, 0.1) is 11.4 Å². The SMILES string of the molecule is S=C(Nc1ccccc1)Nc1cccc(-n2nnnc2[S-])c1.S=C(Nc1ccccc1)Nc1cccc(-n2nnnc2[S-])c1.[Au+3]. The third-order valence-electron chi connectivity index (χ3n) is 5.64. The molecule has 228 valence electrons. The molecule has 12 nitrogen and oxygen atoms in total. The largest absolute Gasteiger partial charge is 3.00 e. The Morgan fingerprint density at radius 1 is 0.511 bits per heavy atom. The Morgan fingerprint density at radius 3 is 1.22 bits per heavy atom. The fourth-order valence-electron chi connectivity index (χ4n) is 3.74. The zero-order valence-electron chi connectivity index (χ0n) is 22.9. The quantitative estimate of drug-likeness (QED) is 0.104. The molecule has 6 rings (SSSR count). The van der Waals surface area contributed by atoms with Crippen LogP contribution in [0.5, 0.6) is 0 Å². The van der Waals surface area contributed by atoms with Gasteiger partial charge in [-0.1, -0.05) is 48.5 Å². The molecular weight excluding hydrogens is 830 g/mol. The van der Waals surface area contributed by atoms with Crippen molar-refractivity contribution in [1.82, 2.24) is 40.4 Å². The van der Waals surface area contributed by atoms with Gasteiger partial charge >= 0.3 is 22.4 Å². The monoisotopic (exact) mass is 851 g/mol. The van der Waals surface area contributed by atoms with Gasteiger partial charge in [0.1, 0.15) is 0 Å². The van der Waals surface area contributed by atoms with Gasteiger partial charge in [-0.15, -0.1) is 10.2 Å². The van der Waals surface area contributed by atoms with E-state index >= 15 is 0 Å². The molecule has 45 heavy (non-hydrogen) atoms. The van der Waals surface area contributed by atoms with Crippen LogP contribution in [-0.2, 0) is 47.6 Å². The molecule has 0 bridgehead atoms. The minimum absolute atomic E-state index is 0. The summed E-state index contributed by atoms with van der Waals surface area (Å²) in [5.41, 5.74) is 5.01. The maximum atomic E-state index is 5.30. The van der Waals surface area contributed by atoms with E-state index in [1.807, 2.05) is 109 Å². The van der Waals surface area contributed by atoms with Crippen molar-refractivity contribution in [3.63, 3.8) is 0 Å². The van der Waals surface area contributed by atoms with Crippen LogP contribution in [0.2, 0.25) is 0 Å². The van der Waals surface area contributed by atoms with Crippen molar-refractivity contribution in [2.75, 3.05) is 21.3 Å². The standard InChI is InChI=1S/2C14H12N6S2.Au/c2*21-13(15-10-5-2-1-3-6-10)16-11-7-4-8-12(9-11)20-14(22)17-18-19-20;/h2*1-9H,(H2,15,16,21)(H,17,19,22);/q;;+3/p-2. The maximum absolute atomic E-state index is 5.30. The van der Waals surface area contributed by atoms with Gasteiger partial charge in [-0.05, 0) is 106 Å². The number of benzene rings is 4. The molecule has 4 aromatic carbocycles. The number of aromatic nitrogens is 8. The Labute approximate surface area is 295 Å². The number of thiocarbonyl (C=S) groups is 2. The van der Waals surface area contributed by atoms with Crippen LogP contribution in [0.4, 0.5) is 22.7 Å². The van der Waals surface area contributed by atoms with E-state index in [1.165, 1.54) is 9.36 Å². The number of tetrazole rings is 2. The van der Waals surface area contributed by atoms with Crippen molar-refractivity contribution >= 4 is 82.7 Å². The van der Waals surface area contributed by atoms with Gasteiger partial charge in [-0.25, -0.2) is 9.36 Å². The molecule has 17 heteroatoms. The normalized spacial score (nSPS) is 9.96. The van der Waals surface area contributed by atoms with Crippen molar-refractivity contribution in [2.45, 2.75) is 10.3 Å². The van der Waals surface area contributed by atoms with E-state index in [0.29, 0.717) is 20.5 Å². The number of hydrogen-bond acceptors (Lipinski definition) is 10. The second kappa shape index (κ2) is 16.6. The van der Waals surface area contributed by atoms with Crippen LogP contribution in [0, 0.1) is 0 Å². The van der Waals surface area contributed by atoms with Gasteiger partial charge in [-0.2, -0.15) is 0 Å². The van der Waals surface area contributed by atoms with E-state index in [-0.39, 0.29) is 22.4 Å². The van der Waals surface area contributed by atoms with E-state index in [4.69, 9.17) is 49.7 Å². The Hall–Kier alpha value is -4.42.